The number of carbonyl (C=O) groups is 1. The van der Waals surface area contributed by atoms with Gasteiger partial charge in [0.25, 0.3) is 0 Å². The van der Waals surface area contributed by atoms with E-state index in [1.165, 1.54) is 0 Å². The molecule has 0 aromatic heterocycles. The molecule has 5 heteroatoms. The molecule has 0 spiro atoms. The molecular weight excluding hydrogens is 366 g/mol. The zero-order valence-corrected chi connectivity index (χ0v) is 17.0. The standard InChI is InChI=1S/C24H25NO4/c1-4-27-15-7-5-6-14(8-15)22-16-9-20-21(29-13-28-20)10-17(16)25-18-11-24(2,3)12-19(26)23(18)22/h5-10,22,25H,4,11-13H2,1-3H3. The van der Waals surface area contributed by atoms with Gasteiger partial charge in [-0.2, -0.15) is 0 Å². The number of Topliss-reactive ketones (excluding diaryl/α,β-unsaturated/α-hetero) is 1. The van der Waals surface area contributed by atoms with Crippen molar-refractivity contribution in [2.24, 2.45) is 5.41 Å². The van der Waals surface area contributed by atoms with Gasteiger partial charge in [0.05, 0.1) is 6.61 Å². The van der Waals surface area contributed by atoms with Crippen molar-refractivity contribution in [1.82, 2.24) is 0 Å². The van der Waals surface area contributed by atoms with Gasteiger partial charge in [0, 0.05) is 35.4 Å². The summed E-state index contributed by atoms with van der Waals surface area (Å²) in [5.74, 6) is 2.34. The van der Waals surface area contributed by atoms with Crippen LogP contribution < -0.4 is 19.5 Å². The first kappa shape index (κ1) is 18.1. The minimum atomic E-state index is -0.153. The molecule has 2 aliphatic heterocycles. The van der Waals surface area contributed by atoms with Gasteiger partial charge in [-0.1, -0.05) is 26.0 Å². The fourth-order valence-corrected chi connectivity index (χ4v) is 4.70. The number of hydrogen-bond donors (Lipinski definition) is 1. The van der Waals surface area contributed by atoms with Crippen LogP contribution in [0, 0.1) is 5.41 Å². The van der Waals surface area contributed by atoms with Crippen LogP contribution in [0.3, 0.4) is 0 Å². The molecule has 150 valence electrons. The van der Waals surface area contributed by atoms with Gasteiger partial charge in [0.15, 0.2) is 17.3 Å². The lowest BCUT2D eigenvalue weighted by Gasteiger charge is -2.39. The van der Waals surface area contributed by atoms with E-state index in [9.17, 15) is 4.79 Å². The monoisotopic (exact) mass is 391 g/mol. The number of benzene rings is 2. The van der Waals surface area contributed by atoms with Crippen LogP contribution in [0.15, 0.2) is 47.7 Å². The Morgan fingerprint density at radius 2 is 1.93 bits per heavy atom. The second-order valence-electron chi connectivity index (χ2n) is 8.69. The molecule has 5 nitrogen and oxygen atoms in total. The maximum absolute atomic E-state index is 13.3. The summed E-state index contributed by atoms with van der Waals surface area (Å²) in [6.45, 7) is 7.10. The van der Waals surface area contributed by atoms with Gasteiger partial charge in [-0.3, -0.25) is 4.79 Å². The van der Waals surface area contributed by atoms with E-state index >= 15 is 0 Å². The van der Waals surface area contributed by atoms with E-state index in [4.69, 9.17) is 14.2 Å². The average Bonchev–Trinajstić information content (AvgIpc) is 3.11. The topological polar surface area (TPSA) is 56.8 Å². The fraction of sp³-hybridized carbons (Fsp3) is 0.375. The van der Waals surface area contributed by atoms with Gasteiger partial charge >= 0.3 is 0 Å². The largest absolute Gasteiger partial charge is 0.494 e. The van der Waals surface area contributed by atoms with Crippen molar-refractivity contribution in [3.63, 3.8) is 0 Å². The van der Waals surface area contributed by atoms with Crippen molar-refractivity contribution in [3.8, 4) is 17.2 Å². The Bertz CT molecular complexity index is 1040. The summed E-state index contributed by atoms with van der Waals surface area (Å²) < 4.78 is 17.0. The molecule has 0 amide bonds. The van der Waals surface area contributed by atoms with Crippen molar-refractivity contribution in [2.75, 3.05) is 18.7 Å². The summed E-state index contributed by atoms with van der Waals surface area (Å²) >= 11 is 0. The average molecular weight is 391 g/mol. The molecular formula is C24H25NO4. The number of ether oxygens (including phenoxy) is 3. The van der Waals surface area contributed by atoms with Crippen LogP contribution >= 0.6 is 0 Å². The Kier molecular flexibility index (Phi) is 4.09. The number of ketones is 1. The smallest absolute Gasteiger partial charge is 0.231 e. The highest BCUT2D eigenvalue weighted by molar-refractivity contribution is 6.01. The van der Waals surface area contributed by atoms with Crippen molar-refractivity contribution >= 4 is 11.5 Å². The second kappa shape index (κ2) is 6.55. The lowest BCUT2D eigenvalue weighted by atomic mass is 9.68. The summed E-state index contributed by atoms with van der Waals surface area (Å²) in [7, 11) is 0. The van der Waals surface area contributed by atoms with Gasteiger partial charge in [-0.25, -0.2) is 0 Å². The molecule has 1 N–H and O–H groups in total. The lowest BCUT2D eigenvalue weighted by molar-refractivity contribution is -0.118. The molecule has 1 atom stereocenters. The Balaban J connectivity index is 1.70. The Hall–Kier alpha value is -2.95. The van der Waals surface area contributed by atoms with Gasteiger partial charge in [0.1, 0.15) is 5.75 Å². The van der Waals surface area contributed by atoms with E-state index in [0.717, 1.165) is 51.8 Å². The van der Waals surface area contributed by atoms with Crippen LogP contribution in [-0.4, -0.2) is 19.2 Å². The first-order valence-corrected chi connectivity index (χ1v) is 10.1. The highest BCUT2D eigenvalue weighted by Crippen LogP contribution is 2.52. The van der Waals surface area contributed by atoms with Gasteiger partial charge in [0.2, 0.25) is 6.79 Å². The van der Waals surface area contributed by atoms with Crippen LogP contribution in [0.1, 0.15) is 50.7 Å². The van der Waals surface area contributed by atoms with Crippen LogP contribution in [0.4, 0.5) is 5.69 Å². The third kappa shape index (κ3) is 3.05. The number of hydrogen-bond acceptors (Lipinski definition) is 5. The summed E-state index contributed by atoms with van der Waals surface area (Å²) in [4.78, 5) is 13.3. The minimum absolute atomic E-state index is 0.0610. The van der Waals surface area contributed by atoms with Crippen LogP contribution in [0.25, 0.3) is 0 Å². The molecule has 0 fully saturated rings. The maximum atomic E-state index is 13.3. The molecule has 0 radical (unpaired) electrons. The van der Waals surface area contributed by atoms with Crippen molar-refractivity contribution in [2.45, 2.75) is 39.5 Å². The highest BCUT2D eigenvalue weighted by Gasteiger charge is 2.41. The Labute approximate surface area is 170 Å². The fourth-order valence-electron chi connectivity index (χ4n) is 4.70. The lowest BCUT2D eigenvalue weighted by Crippen LogP contribution is -2.33. The summed E-state index contributed by atoms with van der Waals surface area (Å²) in [5, 5.41) is 3.55. The third-order valence-electron chi connectivity index (χ3n) is 5.85. The molecule has 2 heterocycles. The molecule has 5 rings (SSSR count). The number of rotatable bonds is 3. The van der Waals surface area contributed by atoms with E-state index in [2.05, 4.69) is 25.2 Å². The first-order chi connectivity index (χ1) is 13.9. The maximum Gasteiger partial charge on any atom is 0.231 e. The summed E-state index contributed by atoms with van der Waals surface area (Å²) in [6, 6.07) is 12.1. The molecule has 1 unspecified atom stereocenters. The molecule has 1 aliphatic carbocycles. The van der Waals surface area contributed by atoms with E-state index in [-0.39, 0.29) is 23.9 Å². The first-order valence-electron chi connectivity index (χ1n) is 10.1. The normalized spacial score (nSPS) is 21.3. The highest BCUT2D eigenvalue weighted by atomic mass is 16.7. The third-order valence-corrected chi connectivity index (χ3v) is 5.85. The number of fused-ring (bicyclic) bond motifs is 2. The van der Waals surface area contributed by atoms with E-state index in [1.807, 2.05) is 37.3 Å². The number of carbonyl (C=O) groups excluding carboxylic acids is 1. The van der Waals surface area contributed by atoms with E-state index in [1.54, 1.807) is 0 Å². The zero-order chi connectivity index (χ0) is 20.2. The number of nitrogens with one attached hydrogen (secondary N) is 1. The number of anilines is 1. The van der Waals surface area contributed by atoms with Crippen LogP contribution in [-0.2, 0) is 4.79 Å². The van der Waals surface area contributed by atoms with E-state index in [0.29, 0.717) is 13.0 Å². The van der Waals surface area contributed by atoms with Crippen molar-refractivity contribution in [3.05, 3.63) is 58.8 Å². The molecule has 2 aromatic carbocycles. The van der Waals surface area contributed by atoms with Crippen molar-refractivity contribution < 1.29 is 19.0 Å². The van der Waals surface area contributed by atoms with Crippen molar-refractivity contribution in [1.29, 1.82) is 0 Å². The quantitative estimate of drug-likeness (QED) is 0.797. The number of allylic oxidation sites excluding steroid dienone is 2. The molecule has 3 aliphatic rings. The van der Waals surface area contributed by atoms with Gasteiger partial charge in [-0.05, 0) is 48.1 Å². The molecule has 0 bridgehead atoms. The Morgan fingerprint density at radius 3 is 2.72 bits per heavy atom. The van der Waals surface area contributed by atoms with Crippen LogP contribution in [0.5, 0.6) is 17.2 Å². The SMILES string of the molecule is CCOc1cccc(C2C3=C(CC(C)(C)CC3=O)Nc3cc4c(cc32)OCO4)c1. The Morgan fingerprint density at radius 1 is 1.14 bits per heavy atom. The zero-order valence-electron chi connectivity index (χ0n) is 17.0. The molecule has 29 heavy (non-hydrogen) atoms. The predicted molar refractivity (Wildman–Crippen MR) is 111 cm³/mol. The van der Waals surface area contributed by atoms with Crippen LogP contribution in [0.2, 0.25) is 0 Å². The minimum Gasteiger partial charge on any atom is -0.494 e. The molecule has 2 aromatic rings. The van der Waals surface area contributed by atoms with Gasteiger partial charge < -0.3 is 19.5 Å². The molecule has 0 saturated carbocycles. The second-order valence-corrected chi connectivity index (χ2v) is 8.69. The predicted octanol–water partition coefficient (Wildman–Crippen LogP) is 5.01. The summed E-state index contributed by atoms with van der Waals surface area (Å²) in [6.07, 6.45) is 1.39. The van der Waals surface area contributed by atoms with E-state index < -0.39 is 0 Å². The molecule has 0 saturated heterocycles. The van der Waals surface area contributed by atoms with Gasteiger partial charge in [-0.15, -0.1) is 0 Å². The summed E-state index contributed by atoms with van der Waals surface area (Å²) in [5.41, 5.74) is 4.89.